The summed E-state index contributed by atoms with van der Waals surface area (Å²) in [4.78, 5) is 0. The summed E-state index contributed by atoms with van der Waals surface area (Å²) in [5, 5.41) is 8.67. The van der Waals surface area contributed by atoms with Crippen LogP contribution in [0, 0.1) is 0 Å². The van der Waals surface area contributed by atoms with Crippen LogP contribution in [0.3, 0.4) is 0 Å². The van der Waals surface area contributed by atoms with Crippen molar-refractivity contribution in [3.8, 4) is 11.3 Å². The zero-order valence-corrected chi connectivity index (χ0v) is 14.5. The van der Waals surface area contributed by atoms with E-state index in [1.165, 1.54) is 30.4 Å². The lowest BCUT2D eigenvalue weighted by Gasteiger charge is -2.10. The van der Waals surface area contributed by atoms with E-state index < -0.39 is 0 Å². The average molecular weight is 319 g/mol. The summed E-state index contributed by atoms with van der Waals surface area (Å²) >= 11 is 0. The Hall–Kier alpha value is -2.42. The summed E-state index contributed by atoms with van der Waals surface area (Å²) in [6.07, 6.45) is 7.02. The van der Waals surface area contributed by atoms with Crippen LogP contribution in [0.25, 0.3) is 11.3 Å². The van der Waals surface area contributed by atoms with Gasteiger partial charge in [-0.1, -0.05) is 79.6 Å². The van der Waals surface area contributed by atoms with Gasteiger partial charge in [0.15, 0.2) is 0 Å². The minimum Gasteiger partial charge on any atom is -0.245 e. The lowest BCUT2D eigenvalue weighted by molar-refractivity contribution is 0.543. The second-order valence-electron chi connectivity index (χ2n) is 6.32. The van der Waals surface area contributed by atoms with E-state index in [1.54, 1.807) is 0 Å². The van der Waals surface area contributed by atoms with Crippen LogP contribution in [-0.2, 0) is 6.42 Å². The van der Waals surface area contributed by atoms with Crippen molar-refractivity contribution in [1.29, 1.82) is 0 Å². The molecule has 0 N–H and O–H groups in total. The summed E-state index contributed by atoms with van der Waals surface area (Å²) < 4.78 is 1.93. The Bertz CT molecular complexity index is 744. The summed E-state index contributed by atoms with van der Waals surface area (Å²) in [5.74, 6) is 0. The van der Waals surface area contributed by atoms with E-state index >= 15 is 0 Å². The molecule has 0 fully saturated rings. The third kappa shape index (κ3) is 3.91. The molecule has 0 bridgehead atoms. The number of rotatable bonds is 7. The molecule has 0 spiro atoms. The predicted molar refractivity (Wildman–Crippen MR) is 98.9 cm³/mol. The molecule has 0 aliphatic rings. The van der Waals surface area contributed by atoms with Gasteiger partial charge in [-0.3, -0.25) is 0 Å². The first kappa shape index (κ1) is 16.4. The highest BCUT2D eigenvalue weighted by Gasteiger charge is 2.11. The van der Waals surface area contributed by atoms with E-state index in [-0.39, 0.29) is 6.04 Å². The third-order valence-electron chi connectivity index (χ3n) is 4.51. The van der Waals surface area contributed by atoms with Crippen LogP contribution >= 0.6 is 0 Å². The number of unbranched alkanes of at least 4 members (excludes halogenated alkanes) is 2. The van der Waals surface area contributed by atoms with Crippen molar-refractivity contribution < 1.29 is 0 Å². The first-order valence-electron chi connectivity index (χ1n) is 8.84. The second-order valence-corrected chi connectivity index (χ2v) is 6.32. The third-order valence-corrected chi connectivity index (χ3v) is 4.51. The Balaban J connectivity index is 1.71. The van der Waals surface area contributed by atoms with E-state index in [1.807, 2.05) is 16.9 Å². The quantitative estimate of drug-likeness (QED) is 0.554. The number of aryl methyl sites for hydroxylation is 1. The molecule has 1 atom stereocenters. The molecule has 3 rings (SSSR count). The van der Waals surface area contributed by atoms with Gasteiger partial charge in [0.05, 0.1) is 12.2 Å². The molecule has 0 amide bonds. The fourth-order valence-corrected chi connectivity index (χ4v) is 2.90. The molecular formula is C21H25N3. The van der Waals surface area contributed by atoms with Crippen molar-refractivity contribution in [1.82, 2.24) is 15.0 Å². The van der Waals surface area contributed by atoms with Crippen LogP contribution < -0.4 is 0 Å². The average Bonchev–Trinajstić information content (AvgIpc) is 3.13. The first-order chi connectivity index (χ1) is 11.8. The Kier molecular flexibility index (Phi) is 5.42. The molecule has 0 saturated carbocycles. The maximum absolute atomic E-state index is 4.35. The largest absolute Gasteiger partial charge is 0.245 e. The second kappa shape index (κ2) is 7.91. The maximum atomic E-state index is 4.35. The summed E-state index contributed by atoms with van der Waals surface area (Å²) in [7, 11) is 0. The Labute approximate surface area is 144 Å². The van der Waals surface area contributed by atoms with Gasteiger partial charge >= 0.3 is 0 Å². The molecule has 2 aromatic carbocycles. The molecule has 1 heterocycles. The number of hydrogen-bond donors (Lipinski definition) is 0. The zero-order chi connectivity index (χ0) is 16.8. The molecule has 3 heteroatoms. The molecule has 0 saturated heterocycles. The van der Waals surface area contributed by atoms with Gasteiger partial charge in [-0.05, 0) is 30.9 Å². The fraction of sp³-hybridized carbons (Fsp3) is 0.333. The van der Waals surface area contributed by atoms with Crippen molar-refractivity contribution in [3.63, 3.8) is 0 Å². The van der Waals surface area contributed by atoms with Gasteiger partial charge < -0.3 is 0 Å². The summed E-state index contributed by atoms with van der Waals surface area (Å²) in [6, 6.07) is 19.3. The molecule has 1 aromatic heterocycles. The number of benzene rings is 2. The van der Waals surface area contributed by atoms with Gasteiger partial charge in [0.2, 0.25) is 0 Å². The van der Waals surface area contributed by atoms with E-state index in [4.69, 9.17) is 0 Å². The SMILES string of the molecule is CCCCCc1ccc(-c2cn(C(C)c3ccccc3)nn2)cc1. The molecular weight excluding hydrogens is 294 g/mol. The van der Waals surface area contributed by atoms with Gasteiger partial charge in [-0.25, -0.2) is 4.68 Å². The number of aromatic nitrogens is 3. The van der Waals surface area contributed by atoms with Crippen molar-refractivity contribution in [3.05, 3.63) is 71.9 Å². The van der Waals surface area contributed by atoms with Crippen molar-refractivity contribution in [2.24, 2.45) is 0 Å². The van der Waals surface area contributed by atoms with Crippen molar-refractivity contribution in [2.75, 3.05) is 0 Å². The first-order valence-corrected chi connectivity index (χ1v) is 8.84. The highest BCUT2D eigenvalue weighted by atomic mass is 15.4. The summed E-state index contributed by atoms with van der Waals surface area (Å²) in [6.45, 7) is 4.38. The van der Waals surface area contributed by atoms with E-state index in [9.17, 15) is 0 Å². The van der Waals surface area contributed by atoms with Crippen molar-refractivity contribution >= 4 is 0 Å². The highest BCUT2D eigenvalue weighted by Crippen LogP contribution is 2.21. The minimum absolute atomic E-state index is 0.181. The van der Waals surface area contributed by atoms with Gasteiger partial charge in [-0.15, -0.1) is 5.10 Å². The van der Waals surface area contributed by atoms with Gasteiger partial charge in [0.25, 0.3) is 0 Å². The predicted octanol–water partition coefficient (Wildman–Crippen LogP) is 5.29. The van der Waals surface area contributed by atoms with Crippen LogP contribution in [-0.4, -0.2) is 15.0 Å². The van der Waals surface area contributed by atoms with Crippen molar-refractivity contribution in [2.45, 2.75) is 45.6 Å². The normalized spacial score (nSPS) is 12.2. The van der Waals surface area contributed by atoms with Gasteiger partial charge in [0, 0.05) is 5.56 Å². The smallest absolute Gasteiger partial charge is 0.113 e. The van der Waals surface area contributed by atoms with Crippen LogP contribution in [0.4, 0.5) is 0 Å². The number of hydrogen-bond acceptors (Lipinski definition) is 2. The molecule has 1 unspecified atom stereocenters. The number of nitrogens with zero attached hydrogens (tertiary/aromatic N) is 3. The van der Waals surface area contributed by atoms with Crippen LogP contribution in [0.1, 0.15) is 50.3 Å². The molecule has 0 aliphatic carbocycles. The molecule has 3 aromatic rings. The molecule has 124 valence electrons. The monoisotopic (exact) mass is 319 g/mol. The zero-order valence-electron chi connectivity index (χ0n) is 14.5. The molecule has 24 heavy (non-hydrogen) atoms. The highest BCUT2D eigenvalue weighted by molar-refractivity contribution is 5.58. The van der Waals surface area contributed by atoms with Gasteiger partial charge in [-0.2, -0.15) is 0 Å². The standard InChI is InChI=1S/C21H25N3/c1-3-4-6-9-18-12-14-20(15-13-18)21-16-24(23-22-21)17(2)19-10-7-5-8-11-19/h5,7-8,10-17H,3-4,6,9H2,1-2H3. The maximum Gasteiger partial charge on any atom is 0.113 e. The van der Waals surface area contributed by atoms with Gasteiger partial charge in [0.1, 0.15) is 5.69 Å². The van der Waals surface area contributed by atoms with E-state index in [0.717, 1.165) is 17.7 Å². The topological polar surface area (TPSA) is 30.7 Å². The Morgan fingerprint density at radius 2 is 1.71 bits per heavy atom. The van der Waals surface area contributed by atoms with Crippen LogP contribution in [0.15, 0.2) is 60.8 Å². The molecule has 0 radical (unpaired) electrons. The Morgan fingerprint density at radius 3 is 2.42 bits per heavy atom. The van der Waals surface area contributed by atoms with Crippen LogP contribution in [0.5, 0.6) is 0 Å². The minimum atomic E-state index is 0.181. The molecule has 3 nitrogen and oxygen atoms in total. The van der Waals surface area contributed by atoms with Crippen LogP contribution in [0.2, 0.25) is 0 Å². The van der Waals surface area contributed by atoms with E-state index in [0.29, 0.717) is 0 Å². The fourth-order valence-electron chi connectivity index (χ4n) is 2.90. The molecule has 0 aliphatic heterocycles. The lowest BCUT2D eigenvalue weighted by Crippen LogP contribution is -2.07. The lowest BCUT2D eigenvalue weighted by atomic mass is 10.0. The van der Waals surface area contributed by atoms with E-state index in [2.05, 4.69) is 72.7 Å². The Morgan fingerprint density at radius 1 is 0.958 bits per heavy atom. The summed E-state index contributed by atoms with van der Waals surface area (Å²) in [5.41, 5.74) is 4.69.